The number of nitrogens with one attached hydrogen (secondary N) is 1. The monoisotopic (exact) mass is 101 g/mol. The van der Waals surface area contributed by atoms with Gasteiger partial charge in [-0.1, -0.05) is 0 Å². The van der Waals surface area contributed by atoms with Crippen LogP contribution in [0.1, 0.15) is 13.3 Å². The van der Waals surface area contributed by atoms with Gasteiger partial charge in [-0.3, -0.25) is 0 Å². The number of hydrogen-bond donors (Lipinski definition) is 2. The Kier molecular flexibility index (Phi) is 1.30. The van der Waals surface area contributed by atoms with E-state index in [1.54, 1.807) is 0 Å². The Hall–Kier alpha value is -0.0800. The van der Waals surface area contributed by atoms with Crippen molar-refractivity contribution < 1.29 is 5.11 Å². The van der Waals surface area contributed by atoms with E-state index in [0.717, 1.165) is 13.0 Å². The van der Waals surface area contributed by atoms with Crippen molar-refractivity contribution in [3.8, 4) is 0 Å². The summed E-state index contributed by atoms with van der Waals surface area (Å²) in [6.45, 7) is 2.90. The van der Waals surface area contributed by atoms with Crippen LogP contribution in [-0.2, 0) is 0 Å². The van der Waals surface area contributed by atoms with E-state index in [1.807, 2.05) is 6.92 Å². The van der Waals surface area contributed by atoms with Gasteiger partial charge in [0.05, 0.1) is 6.10 Å². The third-order valence-corrected chi connectivity index (χ3v) is 1.44. The molecule has 1 aliphatic heterocycles. The summed E-state index contributed by atoms with van der Waals surface area (Å²) in [4.78, 5) is 0. The highest BCUT2D eigenvalue weighted by molar-refractivity contribution is 4.81. The minimum absolute atomic E-state index is 0.159. The molecule has 0 bridgehead atoms. The van der Waals surface area contributed by atoms with Crippen LogP contribution < -0.4 is 5.32 Å². The molecule has 1 heterocycles. The highest BCUT2D eigenvalue weighted by Crippen LogP contribution is 2.05. The van der Waals surface area contributed by atoms with E-state index >= 15 is 0 Å². The second-order valence-corrected chi connectivity index (χ2v) is 2.09. The van der Waals surface area contributed by atoms with Crippen LogP contribution in [0.25, 0.3) is 0 Å². The van der Waals surface area contributed by atoms with Gasteiger partial charge >= 0.3 is 0 Å². The fourth-order valence-corrected chi connectivity index (χ4v) is 0.723. The van der Waals surface area contributed by atoms with E-state index < -0.39 is 0 Å². The molecule has 0 aromatic rings. The highest BCUT2D eigenvalue weighted by atomic mass is 16.3. The first kappa shape index (κ1) is 5.06. The molecule has 1 unspecified atom stereocenters. The van der Waals surface area contributed by atoms with Gasteiger partial charge in [-0.25, -0.2) is 0 Å². The van der Waals surface area contributed by atoms with Gasteiger partial charge in [-0.15, -0.1) is 0 Å². The summed E-state index contributed by atoms with van der Waals surface area (Å²) in [6.07, 6.45) is 0.978. The van der Waals surface area contributed by atoms with Crippen molar-refractivity contribution in [1.29, 1.82) is 0 Å². The quantitative estimate of drug-likeness (QED) is 0.476. The van der Waals surface area contributed by atoms with Crippen LogP contribution in [0.4, 0.5) is 0 Å². The molecule has 0 radical (unpaired) electrons. The maximum atomic E-state index is 8.81. The maximum absolute atomic E-state index is 8.81. The average molecular weight is 101 g/mol. The summed E-state index contributed by atoms with van der Waals surface area (Å²) in [6, 6.07) is 0.389. The molecule has 1 saturated heterocycles. The molecular weight excluding hydrogens is 90.1 g/mol. The first-order valence-corrected chi connectivity index (χ1v) is 2.72. The van der Waals surface area contributed by atoms with E-state index in [0.29, 0.717) is 6.04 Å². The lowest BCUT2D eigenvalue weighted by atomic mass is 10.0. The van der Waals surface area contributed by atoms with Gasteiger partial charge in [0.2, 0.25) is 0 Å². The lowest BCUT2D eigenvalue weighted by molar-refractivity contribution is 0.111. The molecule has 1 fully saturated rings. The summed E-state index contributed by atoms with van der Waals surface area (Å²) >= 11 is 0. The molecule has 2 atom stereocenters. The zero-order valence-electron chi connectivity index (χ0n) is 4.52. The molecule has 2 heteroatoms. The zero-order valence-corrected chi connectivity index (χ0v) is 4.52. The van der Waals surface area contributed by atoms with Crippen LogP contribution in [0.2, 0.25) is 0 Å². The normalized spacial score (nSPS) is 34.3. The third kappa shape index (κ3) is 0.924. The predicted molar refractivity (Wildman–Crippen MR) is 28.1 cm³/mol. The maximum Gasteiger partial charge on any atom is 0.0665 e. The highest BCUT2D eigenvalue weighted by Gasteiger charge is 2.20. The third-order valence-electron chi connectivity index (χ3n) is 1.44. The van der Waals surface area contributed by atoms with E-state index in [-0.39, 0.29) is 6.10 Å². The molecule has 0 aliphatic carbocycles. The van der Waals surface area contributed by atoms with Gasteiger partial charge < -0.3 is 10.4 Å². The Balaban J connectivity index is 2.14. The molecule has 0 aromatic heterocycles. The standard InChI is InChI=1S/C5H11NO/c1-4(7)5-2-3-6-5/h4-7H,2-3H2,1H3/t4-,5?/m1/s1. The molecule has 0 spiro atoms. The summed E-state index contributed by atoms with van der Waals surface area (Å²) in [5.41, 5.74) is 0. The minimum Gasteiger partial charge on any atom is -0.392 e. The Labute approximate surface area is 43.5 Å². The van der Waals surface area contributed by atoms with E-state index in [9.17, 15) is 0 Å². The van der Waals surface area contributed by atoms with Crippen molar-refractivity contribution >= 4 is 0 Å². The number of aliphatic hydroxyl groups excluding tert-OH is 1. The molecule has 0 amide bonds. The summed E-state index contributed by atoms with van der Waals surface area (Å²) in [5, 5.41) is 11.9. The first-order valence-electron chi connectivity index (χ1n) is 2.72. The van der Waals surface area contributed by atoms with Crippen molar-refractivity contribution in [2.45, 2.75) is 25.5 Å². The second kappa shape index (κ2) is 1.80. The Morgan fingerprint density at radius 2 is 2.43 bits per heavy atom. The van der Waals surface area contributed by atoms with Crippen LogP contribution in [0, 0.1) is 0 Å². The Morgan fingerprint density at radius 3 is 2.43 bits per heavy atom. The predicted octanol–water partition coefficient (Wildman–Crippen LogP) is -0.271. The molecular formula is C5H11NO. The van der Waals surface area contributed by atoms with Crippen LogP contribution in [0.5, 0.6) is 0 Å². The number of aliphatic hydroxyl groups is 1. The molecule has 0 saturated carbocycles. The second-order valence-electron chi connectivity index (χ2n) is 2.09. The Bertz CT molecular complexity index is 59.1. The molecule has 2 nitrogen and oxygen atoms in total. The van der Waals surface area contributed by atoms with Crippen molar-refractivity contribution in [2.75, 3.05) is 6.54 Å². The Morgan fingerprint density at radius 1 is 1.86 bits per heavy atom. The SMILES string of the molecule is C[C@@H](O)C1CCN1. The smallest absolute Gasteiger partial charge is 0.0665 e. The van der Waals surface area contributed by atoms with Crippen molar-refractivity contribution in [1.82, 2.24) is 5.32 Å². The molecule has 0 aromatic carbocycles. The summed E-state index contributed by atoms with van der Waals surface area (Å²) in [7, 11) is 0. The molecule has 7 heavy (non-hydrogen) atoms. The van der Waals surface area contributed by atoms with Gasteiger partial charge in [0.15, 0.2) is 0 Å². The average Bonchev–Trinajstić information content (AvgIpc) is 1.23. The van der Waals surface area contributed by atoms with E-state index in [4.69, 9.17) is 5.11 Å². The van der Waals surface area contributed by atoms with Gasteiger partial charge in [-0.05, 0) is 19.9 Å². The molecule has 42 valence electrons. The minimum atomic E-state index is -0.159. The fourth-order valence-electron chi connectivity index (χ4n) is 0.723. The van der Waals surface area contributed by atoms with Gasteiger partial charge in [0.25, 0.3) is 0 Å². The summed E-state index contributed by atoms with van der Waals surface area (Å²) < 4.78 is 0. The van der Waals surface area contributed by atoms with Gasteiger partial charge in [-0.2, -0.15) is 0 Å². The van der Waals surface area contributed by atoms with Crippen molar-refractivity contribution in [3.05, 3.63) is 0 Å². The number of rotatable bonds is 1. The lowest BCUT2D eigenvalue weighted by Crippen LogP contribution is -2.49. The fraction of sp³-hybridized carbons (Fsp3) is 1.00. The first-order chi connectivity index (χ1) is 3.30. The van der Waals surface area contributed by atoms with Crippen LogP contribution in [-0.4, -0.2) is 23.8 Å². The van der Waals surface area contributed by atoms with Gasteiger partial charge in [0.1, 0.15) is 0 Å². The zero-order chi connectivity index (χ0) is 5.28. The number of hydrogen-bond acceptors (Lipinski definition) is 2. The van der Waals surface area contributed by atoms with E-state index in [2.05, 4.69) is 5.32 Å². The largest absolute Gasteiger partial charge is 0.392 e. The van der Waals surface area contributed by atoms with Crippen LogP contribution in [0.3, 0.4) is 0 Å². The lowest BCUT2D eigenvalue weighted by Gasteiger charge is -2.29. The van der Waals surface area contributed by atoms with Crippen molar-refractivity contribution in [3.63, 3.8) is 0 Å². The van der Waals surface area contributed by atoms with Gasteiger partial charge in [0, 0.05) is 6.04 Å². The summed E-state index contributed by atoms with van der Waals surface area (Å²) in [5.74, 6) is 0. The van der Waals surface area contributed by atoms with Crippen LogP contribution in [0.15, 0.2) is 0 Å². The molecule has 2 N–H and O–H groups in total. The topological polar surface area (TPSA) is 32.3 Å². The molecule has 1 rings (SSSR count). The molecule has 1 aliphatic rings. The van der Waals surface area contributed by atoms with E-state index in [1.165, 1.54) is 0 Å². The van der Waals surface area contributed by atoms with Crippen molar-refractivity contribution in [2.24, 2.45) is 0 Å². The van der Waals surface area contributed by atoms with Crippen LogP contribution >= 0.6 is 0 Å².